The summed E-state index contributed by atoms with van der Waals surface area (Å²) in [4.78, 5) is 31.1. The van der Waals surface area contributed by atoms with Crippen LogP contribution in [0.5, 0.6) is 0 Å². The quantitative estimate of drug-likeness (QED) is 0.334. The van der Waals surface area contributed by atoms with Crippen molar-refractivity contribution >= 4 is 28.6 Å². The Morgan fingerprint density at radius 2 is 1.59 bits per heavy atom. The molecule has 0 saturated heterocycles. The van der Waals surface area contributed by atoms with Gasteiger partial charge in [0.05, 0.1) is 27.9 Å². The Bertz CT molecular complexity index is 1320. The molecule has 0 aliphatic rings. The molecule has 2 atom stereocenters. The van der Waals surface area contributed by atoms with Crippen molar-refractivity contribution in [1.82, 2.24) is 14.9 Å². The van der Waals surface area contributed by atoms with Crippen LogP contribution in [0.3, 0.4) is 0 Å². The predicted octanol–water partition coefficient (Wildman–Crippen LogP) is 5.05. The predicted molar refractivity (Wildman–Crippen MR) is 130 cm³/mol. The summed E-state index contributed by atoms with van der Waals surface area (Å²) in [5.41, 5.74) is 3.25. The van der Waals surface area contributed by atoms with Crippen LogP contribution >= 0.6 is 11.8 Å². The van der Waals surface area contributed by atoms with Crippen LogP contribution in [0, 0.1) is 6.92 Å². The van der Waals surface area contributed by atoms with Gasteiger partial charge in [0.25, 0.3) is 5.56 Å². The van der Waals surface area contributed by atoms with E-state index in [4.69, 9.17) is 4.98 Å². The molecule has 32 heavy (non-hydrogen) atoms. The average molecular weight is 444 g/mol. The zero-order chi connectivity index (χ0) is 22.7. The Hall–Kier alpha value is -3.38. The van der Waals surface area contributed by atoms with Gasteiger partial charge in [-0.1, -0.05) is 72.4 Å². The maximum atomic E-state index is 13.4. The molecule has 0 aliphatic heterocycles. The van der Waals surface area contributed by atoms with Gasteiger partial charge in [-0.15, -0.1) is 0 Å². The van der Waals surface area contributed by atoms with Gasteiger partial charge in [-0.25, -0.2) is 4.98 Å². The molecule has 0 fully saturated rings. The number of hydrogen-bond donors (Lipinski definition) is 1. The van der Waals surface area contributed by atoms with Crippen molar-refractivity contribution in [3.63, 3.8) is 0 Å². The highest BCUT2D eigenvalue weighted by molar-refractivity contribution is 8.00. The zero-order valence-electron chi connectivity index (χ0n) is 18.3. The number of nitrogens with zero attached hydrogens (tertiary/aromatic N) is 2. The fraction of sp³-hybridized carbons (Fsp3) is 0.192. The minimum atomic E-state index is -0.440. The summed E-state index contributed by atoms with van der Waals surface area (Å²) in [7, 11) is 0. The lowest BCUT2D eigenvalue weighted by Gasteiger charge is -2.20. The number of carbonyl (C=O) groups excluding carboxylic acids is 1. The van der Waals surface area contributed by atoms with Gasteiger partial charge in [0.15, 0.2) is 5.16 Å². The van der Waals surface area contributed by atoms with E-state index in [2.05, 4.69) is 5.32 Å². The first kappa shape index (κ1) is 21.8. The fourth-order valence-electron chi connectivity index (χ4n) is 3.59. The van der Waals surface area contributed by atoms with Gasteiger partial charge in [-0.05, 0) is 50.1 Å². The van der Waals surface area contributed by atoms with Crippen molar-refractivity contribution in [2.75, 3.05) is 0 Å². The van der Waals surface area contributed by atoms with Crippen LogP contribution in [0.4, 0.5) is 0 Å². The molecule has 0 saturated carbocycles. The van der Waals surface area contributed by atoms with Gasteiger partial charge in [-0.2, -0.15) is 0 Å². The molecule has 0 radical (unpaired) electrons. The van der Waals surface area contributed by atoms with E-state index in [1.165, 1.54) is 11.8 Å². The molecule has 4 aromatic rings. The third kappa shape index (κ3) is 4.46. The lowest BCUT2D eigenvalue weighted by molar-refractivity contribution is -0.120. The molecule has 0 bridgehead atoms. The third-order valence-electron chi connectivity index (χ3n) is 5.41. The molecule has 0 spiro atoms. The number of para-hydroxylation sites is 2. The summed E-state index contributed by atoms with van der Waals surface area (Å²) >= 11 is 1.29. The average Bonchev–Trinajstić information content (AvgIpc) is 2.80. The van der Waals surface area contributed by atoms with E-state index in [0.717, 1.165) is 16.8 Å². The van der Waals surface area contributed by atoms with Crippen LogP contribution in [0.25, 0.3) is 16.6 Å². The summed E-state index contributed by atoms with van der Waals surface area (Å²) in [6.45, 7) is 5.76. The number of nitrogens with one attached hydrogen (secondary N) is 1. The standard InChI is InChI=1S/C26H25N3O2S/c1-17-11-7-10-16-23(17)29-25(31)21-14-8-9-15-22(21)28-26(29)32-19(3)24(30)27-18(2)20-12-5-4-6-13-20/h4-16,18-19H,1-3H3,(H,27,30). The van der Waals surface area contributed by atoms with Crippen molar-refractivity contribution in [3.8, 4) is 5.69 Å². The molecule has 4 rings (SSSR count). The van der Waals surface area contributed by atoms with E-state index < -0.39 is 5.25 Å². The highest BCUT2D eigenvalue weighted by Crippen LogP contribution is 2.27. The number of carbonyl (C=O) groups is 1. The largest absolute Gasteiger partial charge is 0.349 e. The van der Waals surface area contributed by atoms with Gasteiger partial charge in [0, 0.05) is 0 Å². The molecule has 6 heteroatoms. The topological polar surface area (TPSA) is 64.0 Å². The summed E-state index contributed by atoms with van der Waals surface area (Å²) < 4.78 is 1.62. The minimum Gasteiger partial charge on any atom is -0.349 e. The van der Waals surface area contributed by atoms with Crippen LogP contribution < -0.4 is 10.9 Å². The molecule has 1 heterocycles. The normalized spacial score (nSPS) is 13.0. The molecular formula is C26H25N3O2S. The summed E-state index contributed by atoms with van der Waals surface area (Å²) in [6.07, 6.45) is 0. The van der Waals surface area contributed by atoms with Crippen molar-refractivity contribution in [3.05, 3.63) is 100 Å². The number of benzene rings is 3. The lowest BCUT2D eigenvalue weighted by atomic mass is 10.1. The van der Waals surface area contributed by atoms with Crippen molar-refractivity contribution in [1.29, 1.82) is 0 Å². The summed E-state index contributed by atoms with van der Waals surface area (Å²) in [6, 6.07) is 24.7. The molecule has 3 aromatic carbocycles. The number of aromatic nitrogens is 2. The minimum absolute atomic E-state index is 0.106. The number of aryl methyl sites for hydroxylation is 1. The SMILES string of the molecule is Cc1ccccc1-n1c(SC(C)C(=O)NC(C)c2ccccc2)nc2ccccc2c1=O. The van der Waals surface area contributed by atoms with Gasteiger partial charge >= 0.3 is 0 Å². The molecule has 162 valence electrons. The highest BCUT2D eigenvalue weighted by Gasteiger charge is 2.22. The van der Waals surface area contributed by atoms with E-state index in [-0.39, 0.29) is 17.5 Å². The molecule has 1 N–H and O–H groups in total. The Balaban J connectivity index is 1.69. The Morgan fingerprint density at radius 3 is 2.34 bits per heavy atom. The number of thioether (sulfide) groups is 1. The second-order valence-electron chi connectivity index (χ2n) is 7.74. The number of fused-ring (bicyclic) bond motifs is 1. The zero-order valence-corrected chi connectivity index (χ0v) is 19.1. The molecule has 0 aliphatic carbocycles. The number of rotatable bonds is 6. The number of amides is 1. The molecule has 1 aromatic heterocycles. The second-order valence-corrected chi connectivity index (χ2v) is 9.05. The van der Waals surface area contributed by atoms with Crippen molar-refractivity contribution in [2.45, 2.75) is 37.2 Å². The van der Waals surface area contributed by atoms with E-state index in [9.17, 15) is 9.59 Å². The molecule has 2 unspecified atom stereocenters. The van der Waals surface area contributed by atoms with Crippen molar-refractivity contribution < 1.29 is 4.79 Å². The first-order valence-corrected chi connectivity index (χ1v) is 11.4. The summed E-state index contributed by atoms with van der Waals surface area (Å²) in [5, 5.41) is 3.67. The van der Waals surface area contributed by atoms with Gasteiger partial charge in [-0.3, -0.25) is 14.2 Å². The van der Waals surface area contributed by atoms with E-state index in [1.54, 1.807) is 10.6 Å². The monoisotopic (exact) mass is 443 g/mol. The van der Waals surface area contributed by atoms with Gasteiger partial charge < -0.3 is 5.32 Å². The van der Waals surface area contributed by atoms with Gasteiger partial charge in [0.2, 0.25) is 5.91 Å². The first-order valence-electron chi connectivity index (χ1n) is 10.6. The highest BCUT2D eigenvalue weighted by atomic mass is 32.2. The van der Waals surface area contributed by atoms with E-state index in [1.807, 2.05) is 93.6 Å². The maximum Gasteiger partial charge on any atom is 0.266 e. The smallest absolute Gasteiger partial charge is 0.266 e. The first-order chi connectivity index (χ1) is 15.5. The van der Waals surface area contributed by atoms with Gasteiger partial charge in [0.1, 0.15) is 0 Å². The lowest BCUT2D eigenvalue weighted by Crippen LogP contribution is -2.33. The van der Waals surface area contributed by atoms with Crippen molar-refractivity contribution in [2.24, 2.45) is 0 Å². The summed E-state index contributed by atoms with van der Waals surface area (Å²) in [5.74, 6) is -0.106. The van der Waals surface area contributed by atoms with Crippen LogP contribution in [0.1, 0.15) is 31.0 Å². The Kier molecular flexibility index (Phi) is 6.42. The van der Waals surface area contributed by atoms with E-state index in [0.29, 0.717) is 16.1 Å². The maximum absolute atomic E-state index is 13.4. The molecular weight excluding hydrogens is 418 g/mol. The fourth-order valence-corrected chi connectivity index (χ4v) is 4.51. The number of hydrogen-bond acceptors (Lipinski definition) is 4. The molecule has 5 nitrogen and oxygen atoms in total. The second kappa shape index (κ2) is 9.40. The van der Waals surface area contributed by atoms with E-state index >= 15 is 0 Å². The molecule has 1 amide bonds. The Labute approximate surface area is 191 Å². The van der Waals surface area contributed by atoms with Crippen LogP contribution in [-0.2, 0) is 4.79 Å². The third-order valence-corrected chi connectivity index (χ3v) is 6.46. The Morgan fingerprint density at radius 1 is 0.938 bits per heavy atom. The van der Waals surface area contributed by atoms with Crippen LogP contribution in [0.2, 0.25) is 0 Å². The van der Waals surface area contributed by atoms with Crippen LogP contribution in [-0.4, -0.2) is 20.7 Å². The van der Waals surface area contributed by atoms with Crippen LogP contribution in [0.15, 0.2) is 88.8 Å².